The molecule has 0 aliphatic heterocycles. The fraction of sp³-hybridized carbons (Fsp3) is 0.417. The Morgan fingerprint density at radius 1 is 1.53 bits per heavy atom. The number of benzene rings is 1. The van der Waals surface area contributed by atoms with Crippen molar-refractivity contribution in [3.05, 3.63) is 23.8 Å². The van der Waals surface area contributed by atoms with Crippen molar-refractivity contribution >= 4 is 5.91 Å². The van der Waals surface area contributed by atoms with E-state index in [2.05, 4.69) is 5.32 Å². The molecule has 0 saturated heterocycles. The first kappa shape index (κ1) is 13.3. The van der Waals surface area contributed by atoms with E-state index in [9.17, 15) is 9.90 Å². The molecule has 0 aliphatic rings. The molecule has 0 bridgehead atoms. The zero-order chi connectivity index (χ0) is 12.8. The minimum atomic E-state index is -0.387. The van der Waals surface area contributed by atoms with E-state index in [0.717, 1.165) is 0 Å². The number of aliphatic hydroxyl groups excluding tert-OH is 1. The minimum absolute atomic E-state index is 0.00434. The lowest BCUT2D eigenvalue weighted by Gasteiger charge is -2.11. The predicted molar refractivity (Wildman–Crippen MR) is 63.2 cm³/mol. The Hall–Kier alpha value is -1.75. The van der Waals surface area contributed by atoms with E-state index in [1.807, 2.05) is 6.92 Å². The van der Waals surface area contributed by atoms with E-state index in [1.165, 1.54) is 19.2 Å². The third-order valence-electron chi connectivity index (χ3n) is 2.37. The zero-order valence-corrected chi connectivity index (χ0v) is 9.93. The number of ether oxygens (including phenoxy) is 1. The largest absolute Gasteiger partial charge is 0.507 e. The molecule has 0 heterocycles. The van der Waals surface area contributed by atoms with E-state index in [1.54, 1.807) is 6.07 Å². The van der Waals surface area contributed by atoms with Crippen LogP contribution in [-0.4, -0.2) is 36.4 Å². The number of nitrogens with one attached hydrogen (secondary N) is 1. The van der Waals surface area contributed by atoms with Gasteiger partial charge in [0.25, 0.3) is 5.91 Å². The molecular formula is C12H17NO4. The van der Waals surface area contributed by atoms with Gasteiger partial charge >= 0.3 is 0 Å². The van der Waals surface area contributed by atoms with Crippen molar-refractivity contribution in [1.29, 1.82) is 0 Å². The zero-order valence-electron chi connectivity index (χ0n) is 9.93. The predicted octanol–water partition coefficient (Wildman–Crippen LogP) is 0.759. The summed E-state index contributed by atoms with van der Waals surface area (Å²) in [5.74, 6) is -0.00323. The summed E-state index contributed by atoms with van der Waals surface area (Å²) in [5, 5.41) is 21.0. The van der Waals surface area contributed by atoms with E-state index in [0.29, 0.717) is 12.3 Å². The summed E-state index contributed by atoms with van der Waals surface area (Å²) in [5.41, 5.74) is 0.162. The van der Waals surface area contributed by atoms with Gasteiger partial charge in [-0.25, -0.2) is 0 Å². The standard InChI is InChI=1S/C12H17NO4/c1-8(7-14)6-13-12(16)10-5-9(17-2)3-4-11(10)15/h3-5,8,14-15H,6-7H2,1-2H3,(H,13,16). The van der Waals surface area contributed by atoms with Crippen LogP contribution >= 0.6 is 0 Å². The number of aliphatic hydroxyl groups is 1. The van der Waals surface area contributed by atoms with Crippen LogP contribution < -0.4 is 10.1 Å². The molecule has 3 N–H and O–H groups in total. The first-order valence-corrected chi connectivity index (χ1v) is 5.34. The molecule has 0 saturated carbocycles. The Labute approximate surface area is 100 Å². The maximum absolute atomic E-state index is 11.7. The third kappa shape index (κ3) is 3.64. The molecule has 0 spiro atoms. The smallest absolute Gasteiger partial charge is 0.255 e. The number of aromatic hydroxyl groups is 1. The molecule has 1 unspecified atom stereocenters. The average Bonchev–Trinajstić information content (AvgIpc) is 2.36. The van der Waals surface area contributed by atoms with Gasteiger partial charge in [0, 0.05) is 13.2 Å². The summed E-state index contributed by atoms with van der Waals surface area (Å²) >= 11 is 0. The Morgan fingerprint density at radius 2 is 2.24 bits per heavy atom. The summed E-state index contributed by atoms with van der Waals surface area (Å²) in [7, 11) is 1.49. The van der Waals surface area contributed by atoms with Crippen LogP contribution in [0.5, 0.6) is 11.5 Å². The molecule has 1 aromatic rings. The fourth-order valence-electron chi connectivity index (χ4n) is 1.25. The van der Waals surface area contributed by atoms with E-state index >= 15 is 0 Å². The van der Waals surface area contributed by atoms with Gasteiger partial charge in [0.15, 0.2) is 0 Å². The molecule has 1 atom stereocenters. The highest BCUT2D eigenvalue weighted by Crippen LogP contribution is 2.22. The lowest BCUT2D eigenvalue weighted by Crippen LogP contribution is -2.29. The summed E-state index contributed by atoms with van der Waals surface area (Å²) in [6.45, 7) is 2.17. The van der Waals surface area contributed by atoms with Crippen LogP contribution in [0.3, 0.4) is 0 Å². The number of phenolic OH excluding ortho intramolecular Hbond substituents is 1. The summed E-state index contributed by atoms with van der Waals surface area (Å²) < 4.78 is 4.98. The highest BCUT2D eigenvalue weighted by atomic mass is 16.5. The Bertz CT molecular complexity index is 392. The molecule has 1 aromatic carbocycles. The highest BCUT2D eigenvalue weighted by molar-refractivity contribution is 5.97. The van der Waals surface area contributed by atoms with Gasteiger partial charge in [-0.15, -0.1) is 0 Å². The molecule has 17 heavy (non-hydrogen) atoms. The van der Waals surface area contributed by atoms with Gasteiger partial charge in [-0.3, -0.25) is 4.79 Å². The quantitative estimate of drug-likeness (QED) is 0.708. The van der Waals surface area contributed by atoms with Crippen molar-refractivity contribution in [1.82, 2.24) is 5.32 Å². The van der Waals surface area contributed by atoms with Crippen LogP contribution in [0.1, 0.15) is 17.3 Å². The van der Waals surface area contributed by atoms with Gasteiger partial charge < -0.3 is 20.3 Å². The maximum Gasteiger partial charge on any atom is 0.255 e. The second-order valence-electron chi connectivity index (χ2n) is 3.88. The van der Waals surface area contributed by atoms with E-state index in [4.69, 9.17) is 9.84 Å². The van der Waals surface area contributed by atoms with Crippen LogP contribution in [0.25, 0.3) is 0 Å². The number of hydrogen-bond acceptors (Lipinski definition) is 4. The Kier molecular flexibility index (Phi) is 4.78. The second kappa shape index (κ2) is 6.10. The lowest BCUT2D eigenvalue weighted by molar-refractivity contribution is 0.0939. The highest BCUT2D eigenvalue weighted by Gasteiger charge is 2.12. The minimum Gasteiger partial charge on any atom is -0.507 e. The summed E-state index contributed by atoms with van der Waals surface area (Å²) in [4.78, 5) is 11.7. The molecule has 0 aromatic heterocycles. The van der Waals surface area contributed by atoms with E-state index < -0.39 is 0 Å². The molecule has 0 aliphatic carbocycles. The number of hydrogen-bond donors (Lipinski definition) is 3. The average molecular weight is 239 g/mol. The van der Waals surface area contributed by atoms with Crippen LogP contribution in [0.15, 0.2) is 18.2 Å². The Morgan fingerprint density at radius 3 is 2.82 bits per heavy atom. The molecular weight excluding hydrogens is 222 g/mol. The summed E-state index contributed by atoms with van der Waals surface area (Å²) in [6.07, 6.45) is 0. The number of amides is 1. The monoisotopic (exact) mass is 239 g/mol. The van der Waals surface area contributed by atoms with Gasteiger partial charge in [-0.05, 0) is 24.1 Å². The topological polar surface area (TPSA) is 78.8 Å². The van der Waals surface area contributed by atoms with Crippen molar-refractivity contribution in [2.45, 2.75) is 6.92 Å². The van der Waals surface area contributed by atoms with Crippen molar-refractivity contribution in [2.24, 2.45) is 5.92 Å². The number of phenols is 1. The number of methoxy groups -OCH3 is 1. The molecule has 5 nitrogen and oxygen atoms in total. The molecule has 0 radical (unpaired) electrons. The SMILES string of the molecule is COc1ccc(O)c(C(=O)NCC(C)CO)c1. The first-order chi connectivity index (χ1) is 8.08. The molecule has 1 amide bonds. The fourth-order valence-corrected chi connectivity index (χ4v) is 1.25. The second-order valence-corrected chi connectivity index (χ2v) is 3.88. The van der Waals surface area contributed by atoms with Gasteiger partial charge in [-0.1, -0.05) is 6.92 Å². The number of carbonyl (C=O) groups excluding carboxylic acids is 1. The van der Waals surface area contributed by atoms with Crippen molar-refractivity contribution < 1.29 is 19.7 Å². The van der Waals surface area contributed by atoms with Crippen molar-refractivity contribution in [3.8, 4) is 11.5 Å². The van der Waals surface area contributed by atoms with Crippen LogP contribution in [0.4, 0.5) is 0 Å². The van der Waals surface area contributed by atoms with Crippen molar-refractivity contribution in [3.63, 3.8) is 0 Å². The van der Waals surface area contributed by atoms with Gasteiger partial charge in [0.2, 0.25) is 0 Å². The first-order valence-electron chi connectivity index (χ1n) is 5.34. The van der Waals surface area contributed by atoms with Crippen LogP contribution in [0.2, 0.25) is 0 Å². The van der Waals surface area contributed by atoms with Gasteiger partial charge in [0.05, 0.1) is 12.7 Å². The lowest BCUT2D eigenvalue weighted by atomic mass is 10.1. The van der Waals surface area contributed by atoms with E-state index in [-0.39, 0.29) is 29.7 Å². The molecule has 0 fully saturated rings. The van der Waals surface area contributed by atoms with Gasteiger partial charge in [0.1, 0.15) is 11.5 Å². The number of rotatable bonds is 5. The normalized spacial score (nSPS) is 11.9. The van der Waals surface area contributed by atoms with Crippen molar-refractivity contribution in [2.75, 3.05) is 20.3 Å². The molecule has 94 valence electrons. The molecule has 1 rings (SSSR count). The van der Waals surface area contributed by atoms with Crippen LogP contribution in [-0.2, 0) is 0 Å². The van der Waals surface area contributed by atoms with Crippen LogP contribution in [0, 0.1) is 5.92 Å². The maximum atomic E-state index is 11.7. The third-order valence-corrected chi connectivity index (χ3v) is 2.37. The Balaban J connectivity index is 2.74. The molecule has 5 heteroatoms. The summed E-state index contributed by atoms with van der Waals surface area (Å²) in [6, 6.07) is 4.44. The van der Waals surface area contributed by atoms with Gasteiger partial charge in [-0.2, -0.15) is 0 Å². The number of carbonyl (C=O) groups is 1.